The van der Waals surface area contributed by atoms with Crippen molar-refractivity contribution in [2.75, 3.05) is 26.2 Å². The maximum atomic E-state index is 11.3. The molecule has 0 aromatic heterocycles. The molecular weight excluding hydrogens is 228 g/mol. The summed E-state index contributed by atoms with van der Waals surface area (Å²) in [6.07, 6.45) is 3.72. The summed E-state index contributed by atoms with van der Waals surface area (Å²) in [5.41, 5.74) is -0.776. The number of hydrogen-bond acceptors (Lipinski definition) is 3. The van der Waals surface area contributed by atoms with Crippen LogP contribution in [0.3, 0.4) is 0 Å². The first-order chi connectivity index (χ1) is 8.50. The average Bonchev–Trinajstić information content (AvgIpc) is 2.35. The van der Waals surface area contributed by atoms with Crippen molar-refractivity contribution in [1.29, 1.82) is 0 Å². The van der Waals surface area contributed by atoms with E-state index in [0.717, 1.165) is 45.4 Å². The van der Waals surface area contributed by atoms with Crippen LogP contribution >= 0.6 is 0 Å². The molecule has 4 nitrogen and oxygen atoms in total. The van der Waals surface area contributed by atoms with E-state index in [2.05, 4.69) is 31.0 Å². The number of aliphatic carboxylic acids is 1. The summed E-state index contributed by atoms with van der Waals surface area (Å²) < 4.78 is 0. The van der Waals surface area contributed by atoms with Gasteiger partial charge in [0.2, 0.25) is 0 Å². The van der Waals surface area contributed by atoms with Gasteiger partial charge in [0.15, 0.2) is 0 Å². The molecule has 0 heterocycles. The Bertz CT molecular complexity index is 234. The monoisotopic (exact) mass is 258 g/mol. The minimum Gasteiger partial charge on any atom is -0.480 e. The molecule has 18 heavy (non-hydrogen) atoms. The highest BCUT2D eigenvalue weighted by atomic mass is 16.4. The Labute approximate surface area is 112 Å². The van der Waals surface area contributed by atoms with Crippen LogP contribution in [0.2, 0.25) is 0 Å². The molecule has 108 valence electrons. The Balaban J connectivity index is 4.14. The Hall–Kier alpha value is -0.610. The van der Waals surface area contributed by atoms with E-state index in [1.807, 2.05) is 0 Å². The molecule has 4 heteroatoms. The van der Waals surface area contributed by atoms with Crippen molar-refractivity contribution in [3.05, 3.63) is 0 Å². The summed E-state index contributed by atoms with van der Waals surface area (Å²) in [6.45, 7) is 12.1. The minimum atomic E-state index is -0.776. The molecule has 1 unspecified atom stereocenters. The van der Waals surface area contributed by atoms with Gasteiger partial charge in [0.1, 0.15) is 5.54 Å². The zero-order chi connectivity index (χ0) is 14.0. The standard InChI is InChI=1S/C14H30N2O2/c1-5-10-15-14(4,13(17)18)9-8-12-16(7-3)11-6-2/h15H,5-12H2,1-4H3,(H,17,18). The smallest absolute Gasteiger partial charge is 0.323 e. The number of hydrogen-bond donors (Lipinski definition) is 2. The van der Waals surface area contributed by atoms with E-state index >= 15 is 0 Å². The second kappa shape index (κ2) is 9.34. The summed E-state index contributed by atoms with van der Waals surface area (Å²) in [5.74, 6) is -0.741. The van der Waals surface area contributed by atoms with E-state index < -0.39 is 11.5 Å². The third-order valence-electron chi connectivity index (χ3n) is 3.38. The summed E-state index contributed by atoms with van der Waals surface area (Å²) >= 11 is 0. The average molecular weight is 258 g/mol. The second-order valence-corrected chi connectivity index (χ2v) is 5.10. The summed E-state index contributed by atoms with van der Waals surface area (Å²) in [7, 11) is 0. The van der Waals surface area contributed by atoms with Crippen LogP contribution in [0, 0.1) is 0 Å². The minimum absolute atomic E-state index is 0.683. The molecule has 0 amide bonds. The molecule has 0 aromatic rings. The maximum Gasteiger partial charge on any atom is 0.323 e. The van der Waals surface area contributed by atoms with E-state index in [1.165, 1.54) is 0 Å². The van der Waals surface area contributed by atoms with Gasteiger partial charge in [-0.15, -0.1) is 0 Å². The van der Waals surface area contributed by atoms with Gasteiger partial charge in [-0.1, -0.05) is 20.8 Å². The first kappa shape index (κ1) is 17.4. The van der Waals surface area contributed by atoms with Crippen LogP contribution in [0.1, 0.15) is 53.4 Å². The molecular formula is C14H30N2O2. The highest BCUT2D eigenvalue weighted by molar-refractivity contribution is 5.78. The van der Waals surface area contributed by atoms with Crippen molar-refractivity contribution in [3.8, 4) is 0 Å². The summed E-state index contributed by atoms with van der Waals surface area (Å²) in [6, 6.07) is 0. The van der Waals surface area contributed by atoms with E-state index in [0.29, 0.717) is 6.42 Å². The largest absolute Gasteiger partial charge is 0.480 e. The molecule has 0 aliphatic carbocycles. The van der Waals surface area contributed by atoms with Crippen LogP contribution in [-0.2, 0) is 4.79 Å². The quantitative estimate of drug-likeness (QED) is 0.597. The normalized spacial score (nSPS) is 14.7. The van der Waals surface area contributed by atoms with Crippen molar-refractivity contribution in [2.45, 2.75) is 58.9 Å². The van der Waals surface area contributed by atoms with Gasteiger partial charge in [-0.3, -0.25) is 4.79 Å². The molecule has 0 bridgehead atoms. The first-order valence-electron chi connectivity index (χ1n) is 7.20. The maximum absolute atomic E-state index is 11.3. The van der Waals surface area contributed by atoms with Gasteiger partial charge in [-0.05, 0) is 58.8 Å². The molecule has 0 aliphatic rings. The molecule has 0 rings (SSSR count). The zero-order valence-electron chi connectivity index (χ0n) is 12.5. The lowest BCUT2D eigenvalue weighted by Gasteiger charge is -2.28. The van der Waals surface area contributed by atoms with E-state index in [-0.39, 0.29) is 0 Å². The topological polar surface area (TPSA) is 52.6 Å². The molecule has 0 aliphatic heterocycles. The second-order valence-electron chi connectivity index (χ2n) is 5.10. The molecule has 0 radical (unpaired) electrons. The number of nitrogens with one attached hydrogen (secondary N) is 1. The van der Waals surface area contributed by atoms with Gasteiger partial charge in [0.05, 0.1) is 0 Å². The fourth-order valence-electron chi connectivity index (χ4n) is 2.07. The van der Waals surface area contributed by atoms with Crippen LogP contribution in [0.5, 0.6) is 0 Å². The number of carboxylic acids is 1. The number of carboxylic acid groups (broad SMARTS) is 1. The van der Waals surface area contributed by atoms with E-state index in [1.54, 1.807) is 6.92 Å². The number of rotatable bonds is 11. The summed E-state index contributed by atoms with van der Waals surface area (Å²) in [5, 5.41) is 12.5. The van der Waals surface area contributed by atoms with Crippen LogP contribution < -0.4 is 5.32 Å². The van der Waals surface area contributed by atoms with Gasteiger partial charge in [-0.2, -0.15) is 0 Å². The SMILES string of the molecule is CCCNC(C)(CCCN(CC)CCC)C(=O)O. The molecule has 0 fully saturated rings. The van der Waals surface area contributed by atoms with Crippen LogP contribution in [0.25, 0.3) is 0 Å². The Morgan fingerprint density at radius 2 is 1.89 bits per heavy atom. The van der Waals surface area contributed by atoms with Crippen molar-refractivity contribution in [1.82, 2.24) is 10.2 Å². The number of nitrogens with zero attached hydrogens (tertiary/aromatic N) is 1. The van der Waals surface area contributed by atoms with Gasteiger partial charge in [0, 0.05) is 0 Å². The Morgan fingerprint density at radius 1 is 1.22 bits per heavy atom. The first-order valence-corrected chi connectivity index (χ1v) is 7.20. The predicted octanol–water partition coefficient (Wildman–Crippen LogP) is 2.34. The van der Waals surface area contributed by atoms with Crippen LogP contribution in [0.15, 0.2) is 0 Å². The van der Waals surface area contributed by atoms with Crippen molar-refractivity contribution < 1.29 is 9.90 Å². The molecule has 0 saturated carbocycles. The van der Waals surface area contributed by atoms with Crippen molar-refractivity contribution >= 4 is 5.97 Å². The lowest BCUT2D eigenvalue weighted by atomic mass is 9.95. The van der Waals surface area contributed by atoms with Gasteiger partial charge in [-0.25, -0.2) is 0 Å². The number of carbonyl (C=O) groups is 1. The predicted molar refractivity (Wildman–Crippen MR) is 76.0 cm³/mol. The van der Waals surface area contributed by atoms with E-state index in [4.69, 9.17) is 0 Å². The third kappa shape index (κ3) is 6.36. The molecule has 0 saturated heterocycles. The highest BCUT2D eigenvalue weighted by Gasteiger charge is 2.31. The third-order valence-corrected chi connectivity index (χ3v) is 3.38. The fraction of sp³-hybridized carbons (Fsp3) is 0.929. The molecule has 1 atom stereocenters. The van der Waals surface area contributed by atoms with E-state index in [9.17, 15) is 9.90 Å². The van der Waals surface area contributed by atoms with Gasteiger partial charge < -0.3 is 15.3 Å². The Morgan fingerprint density at radius 3 is 2.33 bits per heavy atom. The lowest BCUT2D eigenvalue weighted by molar-refractivity contribution is -0.144. The highest BCUT2D eigenvalue weighted by Crippen LogP contribution is 2.13. The zero-order valence-corrected chi connectivity index (χ0v) is 12.5. The fourth-order valence-corrected chi connectivity index (χ4v) is 2.07. The van der Waals surface area contributed by atoms with Crippen molar-refractivity contribution in [2.24, 2.45) is 0 Å². The molecule has 0 aromatic carbocycles. The summed E-state index contributed by atoms with van der Waals surface area (Å²) in [4.78, 5) is 13.7. The molecule has 2 N–H and O–H groups in total. The Kier molecular flexibility index (Phi) is 9.02. The van der Waals surface area contributed by atoms with Gasteiger partial charge >= 0.3 is 5.97 Å². The lowest BCUT2D eigenvalue weighted by Crippen LogP contribution is -2.50. The molecule has 0 spiro atoms. The van der Waals surface area contributed by atoms with Gasteiger partial charge in [0.25, 0.3) is 0 Å². The van der Waals surface area contributed by atoms with Crippen molar-refractivity contribution in [3.63, 3.8) is 0 Å². The van der Waals surface area contributed by atoms with Crippen LogP contribution in [0.4, 0.5) is 0 Å². The van der Waals surface area contributed by atoms with Crippen LogP contribution in [-0.4, -0.2) is 47.7 Å².